The standard InChI is InChI=1S/C14H19N3OS/c1-16(2)9-8-15-13(18)12-10-6-4-5-7-11(10)17(3)14(12)19/h4-7,12H,8-9H2,1-3H3,(H,15,18). The van der Waals surface area contributed by atoms with E-state index in [-0.39, 0.29) is 11.8 Å². The first-order valence-corrected chi connectivity index (χ1v) is 6.72. The van der Waals surface area contributed by atoms with Crippen LogP contribution in [0, 0.1) is 0 Å². The minimum Gasteiger partial charge on any atom is -0.354 e. The number of likely N-dealkylation sites (N-methyl/N-ethyl adjacent to an activating group) is 2. The predicted molar refractivity (Wildman–Crippen MR) is 81.7 cm³/mol. The fourth-order valence-corrected chi connectivity index (χ4v) is 2.57. The third kappa shape index (κ3) is 2.77. The van der Waals surface area contributed by atoms with Crippen LogP contribution in [0.4, 0.5) is 5.69 Å². The normalized spacial score (nSPS) is 17.8. The van der Waals surface area contributed by atoms with E-state index in [0.29, 0.717) is 11.5 Å². The van der Waals surface area contributed by atoms with Gasteiger partial charge in [-0.15, -0.1) is 0 Å². The molecule has 0 saturated heterocycles. The highest BCUT2D eigenvalue weighted by molar-refractivity contribution is 7.80. The van der Waals surface area contributed by atoms with Crippen LogP contribution in [-0.2, 0) is 4.79 Å². The highest BCUT2D eigenvalue weighted by Gasteiger charge is 2.36. The molecule has 1 atom stereocenters. The molecule has 5 heteroatoms. The Morgan fingerprint density at radius 2 is 2.11 bits per heavy atom. The number of carbonyl (C=O) groups is 1. The van der Waals surface area contributed by atoms with Gasteiger partial charge in [0.2, 0.25) is 5.91 Å². The second-order valence-electron chi connectivity index (χ2n) is 4.98. The first kappa shape index (κ1) is 14.0. The molecule has 1 aromatic carbocycles. The van der Waals surface area contributed by atoms with Crippen LogP contribution in [0.1, 0.15) is 11.5 Å². The zero-order valence-electron chi connectivity index (χ0n) is 11.5. The number of anilines is 1. The fourth-order valence-electron chi connectivity index (χ4n) is 2.24. The number of nitrogens with one attached hydrogen (secondary N) is 1. The smallest absolute Gasteiger partial charge is 0.234 e. The zero-order chi connectivity index (χ0) is 14.0. The number of benzene rings is 1. The summed E-state index contributed by atoms with van der Waals surface area (Å²) in [5, 5.41) is 2.95. The van der Waals surface area contributed by atoms with Crippen molar-refractivity contribution in [1.82, 2.24) is 10.2 Å². The minimum absolute atomic E-state index is 0.0105. The first-order chi connectivity index (χ1) is 9.02. The van der Waals surface area contributed by atoms with Crippen LogP contribution >= 0.6 is 12.2 Å². The minimum atomic E-state index is -0.335. The Bertz CT molecular complexity index is 501. The van der Waals surface area contributed by atoms with Crippen molar-refractivity contribution in [3.63, 3.8) is 0 Å². The molecule has 1 N–H and O–H groups in total. The van der Waals surface area contributed by atoms with Gasteiger partial charge in [0.05, 0.1) is 4.99 Å². The highest BCUT2D eigenvalue weighted by Crippen LogP contribution is 2.36. The van der Waals surface area contributed by atoms with Crippen molar-refractivity contribution in [1.29, 1.82) is 0 Å². The third-order valence-corrected chi connectivity index (χ3v) is 3.82. The molecule has 0 bridgehead atoms. The summed E-state index contributed by atoms with van der Waals surface area (Å²) in [6.07, 6.45) is 0. The highest BCUT2D eigenvalue weighted by atomic mass is 32.1. The van der Waals surface area contributed by atoms with Gasteiger partial charge in [0.15, 0.2) is 0 Å². The van der Waals surface area contributed by atoms with Gasteiger partial charge in [-0.25, -0.2) is 0 Å². The van der Waals surface area contributed by atoms with Gasteiger partial charge < -0.3 is 15.1 Å². The molecule has 0 fully saturated rings. The lowest BCUT2D eigenvalue weighted by atomic mass is 10.0. The summed E-state index contributed by atoms with van der Waals surface area (Å²) in [5.41, 5.74) is 2.03. The Balaban J connectivity index is 2.12. The van der Waals surface area contributed by atoms with Crippen molar-refractivity contribution in [2.24, 2.45) is 0 Å². The Morgan fingerprint density at radius 1 is 1.42 bits per heavy atom. The maximum atomic E-state index is 12.3. The first-order valence-electron chi connectivity index (χ1n) is 6.31. The maximum absolute atomic E-state index is 12.3. The van der Waals surface area contributed by atoms with Gasteiger partial charge in [-0.2, -0.15) is 0 Å². The average Bonchev–Trinajstić information content (AvgIpc) is 2.62. The summed E-state index contributed by atoms with van der Waals surface area (Å²) in [5.74, 6) is -0.345. The summed E-state index contributed by atoms with van der Waals surface area (Å²) < 4.78 is 0. The van der Waals surface area contributed by atoms with E-state index < -0.39 is 0 Å². The molecule has 0 spiro atoms. The number of thiocarbonyl (C=S) groups is 1. The van der Waals surface area contributed by atoms with Crippen LogP contribution in [-0.4, -0.2) is 50.0 Å². The molecule has 0 aliphatic carbocycles. The van der Waals surface area contributed by atoms with E-state index in [1.165, 1.54) is 0 Å². The Labute approximate surface area is 119 Å². The Kier molecular flexibility index (Phi) is 4.17. The topological polar surface area (TPSA) is 35.6 Å². The Morgan fingerprint density at radius 3 is 2.79 bits per heavy atom. The second kappa shape index (κ2) is 5.67. The van der Waals surface area contributed by atoms with Gasteiger partial charge in [-0.3, -0.25) is 4.79 Å². The van der Waals surface area contributed by atoms with Gasteiger partial charge in [-0.1, -0.05) is 30.4 Å². The van der Waals surface area contributed by atoms with E-state index in [4.69, 9.17) is 12.2 Å². The quantitative estimate of drug-likeness (QED) is 0.840. The molecule has 1 unspecified atom stereocenters. The van der Waals surface area contributed by atoms with Crippen molar-refractivity contribution >= 4 is 28.8 Å². The van der Waals surface area contributed by atoms with E-state index in [9.17, 15) is 4.79 Å². The van der Waals surface area contributed by atoms with Crippen molar-refractivity contribution < 1.29 is 4.79 Å². The average molecular weight is 277 g/mol. The maximum Gasteiger partial charge on any atom is 0.234 e. The van der Waals surface area contributed by atoms with Gasteiger partial charge in [0.25, 0.3) is 0 Å². The molecule has 1 heterocycles. The number of amides is 1. The lowest BCUT2D eigenvalue weighted by Gasteiger charge is -2.15. The summed E-state index contributed by atoms with van der Waals surface area (Å²) in [7, 11) is 5.87. The van der Waals surface area contributed by atoms with Crippen molar-refractivity contribution in [2.75, 3.05) is 39.1 Å². The molecule has 2 rings (SSSR count). The monoisotopic (exact) mass is 277 g/mol. The lowest BCUT2D eigenvalue weighted by molar-refractivity contribution is -0.121. The molecule has 1 aliphatic heterocycles. The molecular formula is C14H19N3OS. The number of carbonyl (C=O) groups excluding carboxylic acids is 1. The van der Waals surface area contributed by atoms with Crippen LogP contribution in [0.25, 0.3) is 0 Å². The van der Waals surface area contributed by atoms with Crippen molar-refractivity contribution in [3.8, 4) is 0 Å². The van der Waals surface area contributed by atoms with Crippen LogP contribution in [0.15, 0.2) is 24.3 Å². The number of para-hydroxylation sites is 1. The van der Waals surface area contributed by atoms with Gasteiger partial charge >= 0.3 is 0 Å². The van der Waals surface area contributed by atoms with Crippen LogP contribution in [0.3, 0.4) is 0 Å². The van der Waals surface area contributed by atoms with Gasteiger partial charge in [-0.05, 0) is 25.7 Å². The summed E-state index contributed by atoms with van der Waals surface area (Å²) in [6, 6.07) is 7.88. The molecule has 0 aromatic heterocycles. The van der Waals surface area contributed by atoms with Crippen LogP contribution in [0.2, 0.25) is 0 Å². The van der Waals surface area contributed by atoms with Gasteiger partial charge in [0, 0.05) is 25.8 Å². The number of nitrogens with zero attached hydrogens (tertiary/aromatic N) is 2. The van der Waals surface area contributed by atoms with E-state index in [1.54, 1.807) is 0 Å². The van der Waals surface area contributed by atoms with E-state index in [1.807, 2.05) is 55.2 Å². The lowest BCUT2D eigenvalue weighted by Crippen LogP contribution is -2.37. The molecule has 102 valence electrons. The van der Waals surface area contributed by atoms with Crippen molar-refractivity contribution in [2.45, 2.75) is 5.92 Å². The van der Waals surface area contributed by atoms with Crippen LogP contribution < -0.4 is 10.2 Å². The number of hydrogen-bond donors (Lipinski definition) is 1. The van der Waals surface area contributed by atoms with E-state index >= 15 is 0 Å². The Hall–Kier alpha value is -1.46. The van der Waals surface area contributed by atoms with E-state index in [2.05, 4.69) is 5.32 Å². The van der Waals surface area contributed by atoms with Gasteiger partial charge in [0.1, 0.15) is 5.92 Å². The largest absolute Gasteiger partial charge is 0.354 e. The molecule has 4 nitrogen and oxygen atoms in total. The molecule has 0 saturated carbocycles. The predicted octanol–water partition coefficient (Wildman–Crippen LogP) is 1.23. The number of hydrogen-bond acceptors (Lipinski definition) is 3. The molecule has 1 aliphatic rings. The SMILES string of the molecule is CN(C)CCNC(=O)C1C(=S)N(C)c2ccccc21. The van der Waals surface area contributed by atoms with E-state index in [0.717, 1.165) is 17.8 Å². The second-order valence-corrected chi connectivity index (χ2v) is 5.40. The summed E-state index contributed by atoms with van der Waals surface area (Å²) in [6.45, 7) is 1.46. The summed E-state index contributed by atoms with van der Waals surface area (Å²) in [4.78, 5) is 16.9. The molecule has 0 radical (unpaired) electrons. The molecule has 1 aromatic rings. The molecular weight excluding hydrogens is 258 g/mol. The van der Waals surface area contributed by atoms with Crippen LogP contribution in [0.5, 0.6) is 0 Å². The number of fused-ring (bicyclic) bond motifs is 1. The van der Waals surface area contributed by atoms with Crippen molar-refractivity contribution in [3.05, 3.63) is 29.8 Å². The fraction of sp³-hybridized carbons (Fsp3) is 0.429. The zero-order valence-corrected chi connectivity index (χ0v) is 12.3. The molecule has 19 heavy (non-hydrogen) atoms. The number of rotatable bonds is 4. The summed E-state index contributed by atoms with van der Waals surface area (Å²) >= 11 is 5.40. The third-order valence-electron chi connectivity index (χ3n) is 3.31. The molecule has 1 amide bonds.